The Morgan fingerprint density at radius 2 is 1.88 bits per heavy atom. The maximum atomic E-state index is 12.5. The SMILES string of the molecule is Cc1cc(S(=O)(=O)Cc2ccccc2)c([N+](=O)[O-])c(=O)n1C(=O)O. The van der Waals surface area contributed by atoms with Gasteiger partial charge in [-0.2, -0.15) is 0 Å². The molecule has 0 saturated heterocycles. The molecular weight excluding hydrogens is 340 g/mol. The van der Waals surface area contributed by atoms with Crippen LogP contribution in [0.4, 0.5) is 10.5 Å². The molecule has 0 bridgehead atoms. The van der Waals surface area contributed by atoms with Crippen molar-refractivity contribution in [3.8, 4) is 0 Å². The van der Waals surface area contributed by atoms with E-state index in [0.29, 0.717) is 5.56 Å². The number of carbonyl (C=O) groups is 1. The molecule has 2 aromatic rings. The number of rotatable bonds is 4. The van der Waals surface area contributed by atoms with Crippen molar-refractivity contribution < 1.29 is 23.2 Å². The van der Waals surface area contributed by atoms with Gasteiger partial charge in [0.2, 0.25) is 0 Å². The molecule has 0 radical (unpaired) electrons. The van der Waals surface area contributed by atoms with E-state index in [4.69, 9.17) is 5.11 Å². The molecule has 126 valence electrons. The number of sulfone groups is 1. The predicted octanol–water partition coefficient (Wildman–Crippen LogP) is 1.56. The fourth-order valence-corrected chi connectivity index (χ4v) is 3.80. The fourth-order valence-electron chi connectivity index (χ4n) is 2.21. The van der Waals surface area contributed by atoms with Crippen molar-refractivity contribution in [2.75, 3.05) is 0 Å². The molecule has 0 saturated carbocycles. The van der Waals surface area contributed by atoms with Crippen molar-refractivity contribution >= 4 is 21.6 Å². The maximum Gasteiger partial charge on any atom is 0.418 e. The maximum absolute atomic E-state index is 12.5. The minimum atomic E-state index is -4.22. The summed E-state index contributed by atoms with van der Waals surface area (Å²) in [4.78, 5) is 32.3. The van der Waals surface area contributed by atoms with Gasteiger partial charge in [0, 0.05) is 5.69 Å². The summed E-state index contributed by atoms with van der Waals surface area (Å²) in [5.74, 6) is -0.551. The Hall–Kier alpha value is -3.01. The molecule has 2 rings (SSSR count). The molecule has 1 aromatic carbocycles. The second-order valence-corrected chi connectivity index (χ2v) is 6.88. The van der Waals surface area contributed by atoms with Crippen LogP contribution in [0.25, 0.3) is 0 Å². The topological polar surface area (TPSA) is 137 Å². The second-order valence-electron chi connectivity index (χ2n) is 4.92. The summed E-state index contributed by atoms with van der Waals surface area (Å²) in [6.45, 7) is 1.18. The minimum absolute atomic E-state index is 0.139. The summed E-state index contributed by atoms with van der Waals surface area (Å²) in [6.07, 6.45) is -1.73. The summed E-state index contributed by atoms with van der Waals surface area (Å²) in [5, 5.41) is 20.1. The number of nitro groups is 1. The normalized spacial score (nSPS) is 11.2. The van der Waals surface area contributed by atoms with E-state index in [1.54, 1.807) is 18.2 Å². The van der Waals surface area contributed by atoms with Crippen LogP contribution in [0.15, 0.2) is 46.1 Å². The summed E-state index contributed by atoms with van der Waals surface area (Å²) in [6, 6.07) is 8.76. The molecule has 0 aliphatic heterocycles. The van der Waals surface area contributed by atoms with Crippen LogP contribution in [0.1, 0.15) is 11.3 Å². The van der Waals surface area contributed by atoms with Gasteiger partial charge in [0.1, 0.15) is 0 Å². The molecule has 0 amide bonds. The van der Waals surface area contributed by atoms with Gasteiger partial charge in [-0.25, -0.2) is 17.8 Å². The van der Waals surface area contributed by atoms with Gasteiger partial charge >= 0.3 is 17.3 Å². The Labute approximate surface area is 135 Å². The van der Waals surface area contributed by atoms with E-state index in [1.165, 1.54) is 19.1 Å². The predicted molar refractivity (Wildman–Crippen MR) is 82.8 cm³/mol. The number of benzene rings is 1. The van der Waals surface area contributed by atoms with Gasteiger partial charge in [0.05, 0.1) is 10.7 Å². The highest BCUT2D eigenvalue weighted by Crippen LogP contribution is 2.24. The van der Waals surface area contributed by atoms with Crippen molar-refractivity contribution in [1.82, 2.24) is 4.57 Å². The molecular formula is C14H12N2O7S. The molecule has 0 aliphatic rings. The number of carboxylic acid groups (broad SMARTS) is 1. The Bertz CT molecular complexity index is 978. The van der Waals surface area contributed by atoms with Crippen molar-refractivity contribution in [2.24, 2.45) is 0 Å². The Morgan fingerprint density at radius 3 is 2.38 bits per heavy atom. The number of pyridine rings is 1. The van der Waals surface area contributed by atoms with E-state index in [-0.39, 0.29) is 10.3 Å². The molecule has 1 aromatic heterocycles. The van der Waals surface area contributed by atoms with Gasteiger partial charge < -0.3 is 5.11 Å². The van der Waals surface area contributed by atoms with Crippen LogP contribution in [0, 0.1) is 17.0 Å². The quantitative estimate of drug-likeness (QED) is 0.651. The van der Waals surface area contributed by atoms with E-state index >= 15 is 0 Å². The monoisotopic (exact) mass is 352 g/mol. The lowest BCUT2D eigenvalue weighted by molar-refractivity contribution is -0.389. The van der Waals surface area contributed by atoms with Crippen molar-refractivity contribution in [3.63, 3.8) is 0 Å². The molecule has 0 fully saturated rings. The number of aryl methyl sites for hydroxylation is 1. The molecule has 9 nitrogen and oxygen atoms in total. The highest BCUT2D eigenvalue weighted by Gasteiger charge is 2.33. The van der Waals surface area contributed by atoms with Crippen LogP contribution in [0.3, 0.4) is 0 Å². The molecule has 1 N–H and O–H groups in total. The van der Waals surface area contributed by atoms with Gasteiger partial charge in [-0.1, -0.05) is 30.3 Å². The zero-order chi connectivity index (χ0) is 18.1. The lowest BCUT2D eigenvalue weighted by Gasteiger charge is -2.09. The van der Waals surface area contributed by atoms with Gasteiger partial charge in [-0.15, -0.1) is 0 Å². The third-order valence-corrected chi connectivity index (χ3v) is 4.93. The molecule has 10 heteroatoms. The minimum Gasteiger partial charge on any atom is -0.464 e. The average molecular weight is 352 g/mol. The zero-order valence-electron chi connectivity index (χ0n) is 12.4. The second kappa shape index (κ2) is 6.24. The van der Waals surface area contributed by atoms with E-state index in [1.807, 2.05) is 0 Å². The first-order valence-corrected chi connectivity index (χ1v) is 8.21. The van der Waals surface area contributed by atoms with Crippen LogP contribution >= 0.6 is 0 Å². The molecule has 24 heavy (non-hydrogen) atoms. The van der Waals surface area contributed by atoms with Crippen LogP contribution in [0.5, 0.6) is 0 Å². The van der Waals surface area contributed by atoms with Crippen molar-refractivity contribution in [1.29, 1.82) is 0 Å². The third-order valence-electron chi connectivity index (χ3n) is 3.24. The molecule has 0 atom stereocenters. The van der Waals surface area contributed by atoms with Crippen LogP contribution in [-0.4, -0.2) is 29.1 Å². The van der Waals surface area contributed by atoms with Gasteiger partial charge in [0.15, 0.2) is 14.7 Å². The lowest BCUT2D eigenvalue weighted by atomic mass is 10.2. The fraction of sp³-hybridized carbons (Fsp3) is 0.143. The van der Waals surface area contributed by atoms with Crippen molar-refractivity contribution in [2.45, 2.75) is 17.6 Å². The summed E-state index contributed by atoms with van der Waals surface area (Å²) in [5.41, 5.74) is -2.63. The first kappa shape index (κ1) is 17.3. The molecule has 0 aliphatic carbocycles. The molecule has 0 spiro atoms. The number of nitrogens with zero attached hydrogens (tertiary/aromatic N) is 2. The number of aromatic nitrogens is 1. The van der Waals surface area contributed by atoms with Gasteiger partial charge in [-0.3, -0.25) is 14.9 Å². The highest BCUT2D eigenvalue weighted by atomic mass is 32.2. The highest BCUT2D eigenvalue weighted by molar-refractivity contribution is 7.90. The Kier molecular flexibility index (Phi) is 4.51. The Morgan fingerprint density at radius 1 is 1.29 bits per heavy atom. The van der Waals surface area contributed by atoms with E-state index in [2.05, 4.69) is 0 Å². The van der Waals surface area contributed by atoms with E-state index in [0.717, 1.165) is 6.07 Å². The molecule has 1 heterocycles. The average Bonchev–Trinajstić information content (AvgIpc) is 2.46. The van der Waals surface area contributed by atoms with Gasteiger partial charge in [0.25, 0.3) is 0 Å². The lowest BCUT2D eigenvalue weighted by Crippen LogP contribution is -2.31. The van der Waals surface area contributed by atoms with Crippen LogP contribution < -0.4 is 5.56 Å². The smallest absolute Gasteiger partial charge is 0.418 e. The largest absolute Gasteiger partial charge is 0.464 e. The zero-order valence-corrected chi connectivity index (χ0v) is 13.2. The summed E-state index contributed by atoms with van der Waals surface area (Å²) < 4.78 is 25.2. The van der Waals surface area contributed by atoms with E-state index in [9.17, 15) is 28.1 Å². The van der Waals surface area contributed by atoms with E-state index < -0.39 is 42.7 Å². The first-order valence-electron chi connectivity index (χ1n) is 6.56. The Balaban J connectivity index is 2.72. The van der Waals surface area contributed by atoms with Crippen LogP contribution in [0.2, 0.25) is 0 Å². The molecule has 0 unspecified atom stereocenters. The standard InChI is InChI=1S/C14H12N2O7S/c1-9-7-11(12(16(20)21)13(17)15(9)14(18)19)24(22,23)8-10-5-3-2-4-6-10/h2-7H,8H2,1H3,(H,18,19). The first-order chi connectivity index (χ1) is 11.1. The van der Waals surface area contributed by atoms with Gasteiger partial charge in [-0.05, 0) is 18.6 Å². The number of hydrogen-bond acceptors (Lipinski definition) is 6. The summed E-state index contributed by atoms with van der Waals surface area (Å²) in [7, 11) is -4.22. The van der Waals surface area contributed by atoms with Crippen LogP contribution in [-0.2, 0) is 15.6 Å². The third kappa shape index (κ3) is 3.18. The number of hydrogen-bond donors (Lipinski definition) is 1. The summed E-state index contributed by atoms with van der Waals surface area (Å²) >= 11 is 0. The van der Waals surface area contributed by atoms with Crippen molar-refractivity contribution in [3.05, 3.63) is 68.1 Å².